The molecule has 0 heterocycles. The Labute approximate surface area is 121 Å². The summed E-state index contributed by atoms with van der Waals surface area (Å²) in [6.45, 7) is 3.10. The first-order valence-electron chi connectivity index (χ1n) is 7.41. The number of nitrogens with one attached hydrogen (secondary N) is 1. The molecule has 0 bridgehead atoms. The first-order chi connectivity index (χ1) is 9.70. The summed E-state index contributed by atoms with van der Waals surface area (Å²) < 4.78 is 4.71. The molecular formula is C16H26N2O2. The molecule has 0 aliphatic heterocycles. The monoisotopic (exact) mass is 278 g/mol. The normalized spacial score (nSPS) is 10.3. The van der Waals surface area contributed by atoms with Gasteiger partial charge in [0.15, 0.2) is 0 Å². The van der Waals surface area contributed by atoms with Crippen LogP contribution < -0.4 is 11.1 Å². The molecule has 3 N–H and O–H groups in total. The Morgan fingerprint density at radius 2 is 1.90 bits per heavy atom. The fourth-order valence-electron chi connectivity index (χ4n) is 2.14. The van der Waals surface area contributed by atoms with E-state index in [4.69, 9.17) is 10.5 Å². The van der Waals surface area contributed by atoms with E-state index in [0.29, 0.717) is 11.3 Å². The molecule has 20 heavy (non-hydrogen) atoms. The topological polar surface area (TPSA) is 64.3 Å². The average molecular weight is 278 g/mol. The van der Waals surface area contributed by atoms with Crippen LogP contribution in [-0.4, -0.2) is 19.6 Å². The summed E-state index contributed by atoms with van der Waals surface area (Å²) in [6.07, 6.45) is 7.54. The standard InChI is InChI=1S/C16H26N2O2/c1-3-4-5-6-7-8-12-18-14-11-9-10-13(15(14)17)16(19)20-2/h9-11,18H,3-8,12,17H2,1-2H3. The highest BCUT2D eigenvalue weighted by Crippen LogP contribution is 2.23. The number of hydrogen-bond donors (Lipinski definition) is 2. The fourth-order valence-corrected chi connectivity index (χ4v) is 2.14. The van der Waals surface area contributed by atoms with Gasteiger partial charge < -0.3 is 15.8 Å². The lowest BCUT2D eigenvalue weighted by atomic mass is 10.1. The summed E-state index contributed by atoms with van der Waals surface area (Å²) in [5.41, 5.74) is 7.66. The molecule has 0 saturated carbocycles. The zero-order chi connectivity index (χ0) is 14.8. The summed E-state index contributed by atoms with van der Waals surface area (Å²) in [5, 5.41) is 3.29. The van der Waals surface area contributed by atoms with E-state index in [-0.39, 0.29) is 0 Å². The molecule has 4 nitrogen and oxygen atoms in total. The van der Waals surface area contributed by atoms with Crippen LogP contribution in [0.4, 0.5) is 11.4 Å². The van der Waals surface area contributed by atoms with E-state index in [1.807, 2.05) is 12.1 Å². The van der Waals surface area contributed by atoms with Gasteiger partial charge in [-0.2, -0.15) is 0 Å². The Bertz CT molecular complexity index is 419. The number of carbonyl (C=O) groups excluding carboxylic acids is 1. The third-order valence-electron chi connectivity index (χ3n) is 3.36. The Morgan fingerprint density at radius 1 is 1.20 bits per heavy atom. The molecule has 1 aromatic carbocycles. The van der Waals surface area contributed by atoms with Gasteiger partial charge in [-0.05, 0) is 18.6 Å². The SMILES string of the molecule is CCCCCCCCNc1cccc(C(=O)OC)c1N. The summed E-state index contributed by atoms with van der Waals surface area (Å²) >= 11 is 0. The van der Waals surface area contributed by atoms with Gasteiger partial charge >= 0.3 is 5.97 Å². The van der Waals surface area contributed by atoms with Gasteiger partial charge in [0.2, 0.25) is 0 Å². The quantitative estimate of drug-likeness (QED) is 0.409. The van der Waals surface area contributed by atoms with E-state index in [2.05, 4.69) is 12.2 Å². The molecular weight excluding hydrogens is 252 g/mol. The summed E-state index contributed by atoms with van der Waals surface area (Å²) in [4.78, 5) is 11.5. The fraction of sp³-hybridized carbons (Fsp3) is 0.562. The highest BCUT2D eigenvalue weighted by molar-refractivity contribution is 5.98. The molecule has 0 saturated heterocycles. The Balaban J connectivity index is 2.39. The number of para-hydroxylation sites is 1. The number of benzene rings is 1. The number of rotatable bonds is 9. The van der Waals surface area contributed by atoms with Crippen LogP contribution in [0, 0.1) is 0 Å². The Hall–Kier alpha value is -1.71. The van der Waals surface area contributed by atoms with Crippen LogP contribution >= 0.6 is 0 Å². The second-order valence-corrected chi connectivity index (χ2v) is 4.95. The molecule has 0 amide bonds. The van der Waals surface area contributed by atoms with Crippen molar-refractivity contribution in [3.8, 4) is 0 Å². The number of methoxy groups -OCH3 is 1. The molecule has 0 aromatic heterocycles. The van der Waals surface area contributed by atoms with Crippen LogP contribution in [0.3, 0.4) is 0 Å². The Kier molecular flexibility index (Phi) is 7.55. The molecule has 0 aliphatic rings. The first-order valence-corrected chi connectivity index (χ1v) is 7.41. The molecule has 0 unspecified atom stereocenters. The van der Waals surface area contributed by atoms with Crippen molar-refractivity contribution < 1.29 is 9.53 Å². The second-order valence-electron chi connectivity index (χ2n) is 4.95. The van der Waals surface area contributed by atoms with Crippen LogP contribution in [0.2, 0.25) is 0 Å². The van der Waals surface area contributed by atoms with Crippen molar-refractivity contribution in [1.29, 1.82) is 0 Å². The van der Waals surface area contributed by atoms with Gasteiger partial charge in [0.1, 0.15) is 0 Å². The van der Waals surface area contributed by atoms with Gasteiger partial charge in [0.25, 0.3) is 0 Å². The molecule has 0 atom stereocenters. The molecule has 1 rings (SSSR count). The minimum atomic E-state index is -0.397. The van der Waals surface area contributed by atoms with Gasteiger partial charge in [-0.25, -0.2) is 4.79 Å². The van der Waals surface area contributed by atoms with Gasteiger partial charge in [0.05, 0.1) is 24.0 Å². The molecule has 0 aliphatic carbocycles. The van der Waals surface area contributed by atoms with E-state index in [9.17, 15) is 4.79 Å². The zero-order valence-corrected chi connectivity index (χ0v) is 12.6. The Morgan fingerprint density at radius 3 is 2.60 bits per heavy atom. The summed E-state index contributed by atoms with van der Waals surface area (Å²) in [6, 6.07) is 5.38. The molecule has 112 valence electrons. The van der Waals surface area contributed by atoms with Crippen molar-refractivity contribution in [1.82, 2.24) is 0 Å². The van der Waals surface area contributed by atoms with E-state index in [1.54, 1.807) is 6.07 Å². The summed E-state index contributed by atoms with van der Waals surface area (Å²) in [7, 11) is 1.36. The molecule has 0 radical (unpaired) electrons. The highest BCUT2D eigenvalue weighted by Gasteiger charge is 2.12. The van der Waals surface area contributed by atoms with Crippen molar-refractivity contribution in [3.63, 3.8) is 0 Å². The van der Waals surface area contributed by atoms with Gasteiger partial charge in [-0.15, -0.1) is 0 Å². The number of hydrogen-bond acceptors (Lipinski definition) is 4. The lowest BCUT2D eigenvalue weighted by Crippen LogP contribution is -2.10. The van der Waals surface area contributed by atoms with Crippen molar-refractivity contribution >= 4 is 17.3 Å². The molecule has 1 aromatic rings. The van der Waals surface area contributed by atoms with Gasteiger partial charge in [-0.1, -0.05) is 45.1 Å². The van der Waals surface area contributed by atoms with E-state index >= 15 is 0 Å². The number of anilines is 2. The maximum atomic E-state index is 11.5. The maximum Gasteiger partial charge on any atom is 0.340 e. The number of nitrogen functional groups attached to an aromatic ring is 1. The van der Waals surface area contributed by atoms with Gasteiger partial charge in [-0.3, -0.25) is 0 Å². The van der Waals surface area contributed by atoms with E-state index < -0.39 is 5.97 Å². The smallest absolute Gasteiger partial charge is 0.340 e. The lowest BCUT2D eigenvalue weighted by molar-refractivity contribution is 0.0602. The number of ether oxygens (including phenoxy) is 1. The third-order valence-corrected chi connectivity index (χ3v) is 3.36. The number of esters is 1. The van der Waals surface area contributed by atoms with Crippen molar-refractivity contribution in [2.24, 2.45) is 0 Å². The molecule has 0 fully saturated rings. The van der Waals surface area contributed by atoms with Crippen LogP contribution in [0.1, 0.15) is 55.8 Å². The lowest BCUT2D eigenvalue weighted by Gasteiger charge is -2.11. The van der Waals surface area contributed by atoms with Crippen molar-refractivity contribution in [3.05, 3.63) is 23.8 Å². The summed E-state index contributed by atoms with van der Waals surface area (Å²) in [5.74, 6) is -0.397. The minimum absolute atomic E-state index is 0.397. The van der Waals surface area contributed by atoms with E-state index in [0.717, 1.165) is 18.7 Å². The average Bonchev–Trinajstić information content (AvgIpc) is 2.47. The molecule has 0 spiro atoms. The zero-order valence-electron chi connectivity index (χ0n) is 12.6. The van der Waals surface area contributed by atoms with Crippen LogP contribution in [0.5, 0.6) is 0 Å². The first kappa shape index (κ1) is 16.3. The number of carbonyl (C=O) groups is 1. The number of nitrogens with two attached hydrogens (primary N) is 1. The predicted octanol–water partition coefficient (Wildman–Crippen LogP) is 3.83. The molecule has 4 heteroatoms. The number of unbranched alkanes of at least 4 members (excludes halogenated alkanes) is 5. The minimum Gasteiger partial charge on any atom is -0.465 e. The van der Waals surface area contributed by atoms with Crippen LogP contribution in [-0.2, 0) is 4.74 Å². The maximum absolute atomic E-state index is 11.5. The largest absolute Gasteiger partial charge is 0.465 e. The van der Waals surface area contributed by atoms with Crippen LogP contribution in [0.25, 0.3) is 0 Å². The van der Waals surface area contributed by atoms with Gasteiger partial charge in [0, 0.05) is 6.54 Å². The van der Waals surface area contributed by atoms with Crippen LogP contribution in [0.15, 0.2) is 18.2 Å². The van der Waals surface area contributed by atoms with E-state index in [1.165, 1.54) is 39.2 Å². The predicted molar refractivity (Wildman–Crippen MR) is 84.1 cm³/mol. The van der Waals surface area contributed by atoms with Crippen molar-refractivity contribution in [2.75, 3.05) is 24.7 Å². The second kappa shape index (κ2) is 9.23. The third kappa shape index (κ3) is 5.11. The highest BCUT2D eigenvalue weighted by atomic mass is 16.5. The van der Waals surface area contributed by atoms with Crippen molar-refractivity contribution in [2.45, 2.75) is 45.4 Å².